The molecule has 1 aromatic carbocycles. The molecule has 2 aliphatic heterocycles. The molecule has 20 heavy (non-hydrogen) atoms. The van der Waals surface area contributed by atoms with Gasteiger partial charge in [-0.05, 0) is 43.4 Å². The summed E-state index contributed by atoms with van der Waals surface area (Å²) in [6.45, 7) is 3.17. The van der Waals surface area contributed by atoms with Crippen LogP contribution in [0, 0.1) is 0 Å². The summed E-state index contributed by atoms with van der Waals surface area (Å²) in [5.41, 5.74) is 2.90. The van der Waals surface area contributed by atoms with Gasteiger partial charge in [-0.3, -0.25) is 4.90 Å². The first-order valence-electron chi connectivity index (χ1n) is 7.88. The Balaban J connectivity index is 1.71. The number of benzene rings is 1. The Labute approximate surface area is 130 Å². The van der Waals surface area contributed by atoms with Crippen LogP contribution in [0.3, 0.4) is 0 Å². The summed E-state index contributed by atoms with van der Waals surface area (Å²) in [5, 5.41) is 1.11. The van der Waals surface area contributed by atoms with Gasteiger partial charge in [0.2, 0.25) is 0 Å². The minimum Gasteiger partial charge on any atom is -0.372 e. The highest BCUT2D eigenvalue weighted by Crippen LogP contribution is 2.30. The molecule has 1 fully saturated rings. The van der Waals surface area contributed by atoms with Crippen LogP contribution in [0.15, 0.2) is 24.3 Å². The largest absolute Gasteiger partial charge is 0.372 e. The zero-order valence-corrected chi connectivity index (χ0v) is 13.6. The third-order valence-electron chi connectivity index (χ3n) is 4.68. The van der Waals surface area contributed by atoms with E-state index < -0.39 is 0 Å². The van der Waals surface area contributed by atoms with Crippen molar-refractivity contribution in [3.63, 3.8) is 0 Å². The Kier molecular flexibility index (Phi) is 5.14. The molecule has 0 aromatic heterocycles. The predicted octanol–water partition coefficient (Wildman–Crippen LogP) is 3.94. The highest BCUT2D eigenvalue weighted by molar-refractivity contribution is 9.09. The minimum absolute atomic E-state index is 0.274. The lowest BCUT2D eigenvalue weighted by molar-refractivity contribution is -0.00163. The molecule has 0 spiro atoms. The number of halogens is 1. The van der Waals surface area contributed by atoms with E-state index in [0.717, 1.165) is 30.9 Å². The van der Waals surface area contributed by atoms with Crippen LogP contribution < -0.4 is 0 Å². The van der Waals surface area contributed by atoms with E-state index in [0.29, 0.717) is 0 Å². The Morgan fingerprint density at radius 2 is 2.15 bits per heavy atom. The molecule has 2 nitrogen and oxygen atoms in total. The van der Waals surface area contributed by atoms with Crippen molar-refractivity contribution >= 4 is 15.9 Å². The molecule has 110 valence electrons. The van der Waals surface area contributed by atoms with Gasteiger partial charge in [-0.15, -0.1) is 0 Å². The van der Waals surface area contributed by atoms with E-state index in [1.54, 1.807) is 0 Å². The number of piperidine rings is 1. The molecule has 3 rings (SSSR count). The lowest BCUT2D eigenvalue weighted by Gasteiger charge is -2.39. The van der Waals surface area contributed by atoms with Crippen LogP contribution in [0.25, 0.3) is 0 Å². The third-order valence-corrected chi connectivity index (χ3v) is 5.14. The predicted molar refractivity (Wildman–Crippen MR) is 86.5 cm³/mol. The summed E-state index contributed by atoms with van der Waals surface area (Å²) in [4.78, 5) is 2.66. The molecule has 0 aliphatic carbocycles. The van der Waals surface area contributed by atoms with E-state index in [1.807, 2.05) is 0 Å². The van der Waals surface area contributed by atoms with E-state index in [2.05, 4.69) is 45.1 Å². The average Bonchev–Trinajstić information content (AvgIpc) is 2.50. The molecule has 1 aromatic rings. The van der Waals surface area contributed by atoms with Gasteiger partial charge < -0.3 is 4.74 Å². The summed E-state index contributed by atoms with van der Waals surface area (Å²) >= 11 is 3.61. The van der Waals surface area contributed by atoms with Gasteiger partial charge in [0, 0.05) is 17.9 Å². The van der Waals surface area contributed by atoms with Crippen LogP contribution in [0.2, 0.25) is 0 Å². The topological polar surface area (TPSA) is 12.5 Å². The van der Waals surface area contributed by atoms with E-state index in [4.69, 9.17) is 4.74 Å². The maximum atomic E-state index is 6.08. The van der Waals surface area contributed by atoms with E-state index in [1.165, 1.54) is 43.4 Å². The highest BCUT2D eigenvalue weighted by atomic mass is 79.9. The second kappa shape index (κ2) is 7.06. The second-order valence-electron chi connectivity index (χ2n) is 5.93. The van der Waals surface area contributed by atoms with Gasteiger partial charge in [0.1, 0.15) is 0 Å². The number of rotatable bonds is 4. The standard InChI is InChI=1S/C17H24BrNO/c18-10-8-15-6-3-4-11-19(15)13-17-16-7-2-1-5-14(16)9-12-20-17/h1-2,5,7,15,17H,3-4,6,8-13H2. The number of nitrogens with zero attached hydrogens (tertiary/aromatic N) is 1. The molecular formula is C17H24BrNO. The molecule has 2 aliphatic rings. The minimum atomic E-state index is 0.274. The van der Waals surface area contributed by atoms with Crippen molar-refractivity contribution in [3.8, 4) is 0 Å². The van der Waals surface area contributed by atoms with Crippen LogP contribution in [-0.2, 0) is 11.2 Å². The van der Waals surface area contributed by atoms with Gasteiger partial charge in [-0.2, -0.15) is 0 Å². The summed E-state index contributed by atoms with van der Waals surface area (Å²) in [7, 11) is 0. The Morgan fingerprint density at radius 3 is 3.05 bits per heavy atom. The zero-order chi connectivity index (χ0) is 13.8. The quantitative estimate of drug-likeness (QED) is 0.771. The summed E-state index contributed by atoms with van der Waals surface area (Å²) in [6.07, 6.45) is 6.67. The number of alkyl halides is 1. The number of hydrogen-bond acceptors (Lipinski definition) is 2. The maximum Gasteiger partial charge on any atom is 0.0954 e. The van der Waals surface area contributed by atoms with Gasteiger partial charge in [0.05, 0.1) is 12.7 Å². The van der Waals surface area contributed by atoms with Crippen LogP contribution in [-0.4, -0.2) is 36.0 Å². The van der Waals surface area contributed by atoms with E-state index >= 15 is 0 Å². The smallest absolute Gasteiger partial charge is 0.0954 e. The monoisotopic (exact) mass is 337 g/mol. The van der Waals surface area contributed by atoms with Crippen LogP contribution in [0.1, 0.15) is 42.9 Å². The van der Waals surface area contributed by atoms with Crippen molar-refractivity contribution in [2.45, 2.75) is 44.2 Å². The summed E-state index contributed by atoms with van der Waals surface area (Å²) in [6, 6.07) is 9.54. The van der Waals surface area contributed by atoms with Gasteiger partial charge in [-0.25, -0.2) is 0 Å². The number of ether oxygens (including phenoxy) is 1. The van der Waals surface area contributed by atoms with Crippen LogP contribution in [0.5, 0.6) is 0 Å². The Morgan fingerprint density at radius 1 is 1.25 bits per heavy atom. The first-order valence-corrected chi connectivity index (χ1v) is 9.00. The molecule has 3 heteroatoms. The van der Waals surface area contributed by atoms with Crippen molar-refractivity contribution in [1.29, 1.82) is 0 Å². The fourth-order valence-electron chi connectivity index (χ4n) is 3.59. The lowest BCUT2D eigenvalue weighted by atomic mass is 9.95. The first kappa shape index (κ1) is 14.6. The van der Waals surface area contributed by atoms with E-state index in [-0.39, 0.29) is 6.10 Å². The van der Waals surface area contributed by atoms with Gasteiger partial charge in [0.15, 0.2) is 0 Å². The second-order valence-corrected chi connectivity index (χ2v) is 6.72. The fraction of sp³-hybridized carbons (Fsp3) is 0.647. The molecule has 2 atom stereocenters. The number of fused-ring (bicyclic) bond motifs is 1. The lowest BCUT2D eigenvalue weighted by Crippen LogP contribution is -2.43. The first-order chi connectivity index (χ1) is 9.88. The summed E-state index contributed by atoms with van der Waals surface area (Å²) in [5.74, 6) is 0. The molecule has 0 N–H and O–H groups in total. The van der Waals surface area contributed by atoms with Crippen molar-refractivity contribution in [2.24, 2.45) is 0 Å². The highest BCUT2D eigenvalue weighted by Gasteiger charge is 2.28. The Bertz CT molecular complexity index is 435. The van der Waals surface area contributed by atoms with Gasteiger partial charge in [0.25, 0.3) is 0 Å². The van der Waals surface area contributed by atoms with Crippen molar-refractivity contribution in [2.75, 3.05) is 25.0 Å². The SMILES string of the molecule is BrCCC1CCCCN1CC1OCCc2ccccc21. The van der Waals surface area contributed by atoms with Crippen molar-refractivity contribution in [1.82, 2.24) is 4.90 Å². The molecule has 1 saturated heterocycles. The van der Waals surface area contributed by atoms with Crippen molar-refractivity contribution < 1.29 is 4.74 Å². The normalized spacial score (nSPS) is 27.2. The van der Waals surface area contributed by atoms with Crippen molar-refractivity contribution in [3.05, 3.63) is 35.4 Å². The molecule has 0 amide bonds. The van der Waals surface area contributed by atoms with Crippen LogP contribution >= 0.6 is 15.9 Å². The Hall–Kier alpha value is -0.380. The maximum absolute atomic E-state index is 6.08. The molecular weight excluding hydrogens is 314 g/mol. The molecule has 0 bridgehead atoms. The van der Waals surface area contributed by atoms with Crippen LogP contribution in [0.4, 0.5) is 0 Å². The molecule has 2 heterocycles. The fourth-order valence-corrected chi connectivity index (χ4v) is 4.12. The average molecular weight is 338 g/mol. The van der Waals surface area contributed by atoms with Gasteiger partial charge >= 0.3 is 0 Å². The number of hydrogen-bond donors (Lipinski definition) is 0. The molecule has 0 saturated carbocycles. The third kappa shape index (κ3) is 3.26. The zero-order valence-electron chi connectivity index (χ0n) is 12.1. The van der Waals surface area contributed by atoms with Gasteiger partial charge in [-0.1, -0.05) is 46.6 Å². The number of likely N-dealkylation sites (tertiary alicyclic amines) is 1. The molecule has 0 radical (unpaired) electrons. The molecule has 2 unspecified atom stereocenters. The summed E-state index contributed by atoms with van der Waals surface area (Å²) < 4.78 is 6.08. The van der Waals surface area contributed by atoms with E-state index in [9.17, 15) is 0 Å².